The Morgan fingerprint density at radius 2 is 2.33 bits per heavy atom. The van der Waals surface area contributed by atoms with Crippen LogP contribution in [0, 0.1) is 6.92 Å². The Hall–Kier alpha value is -2.57. The maximum atomic E-state index is 12.1. The van der Waals surface area contributed by atoms with Crippen molar-refractivity contribution in [2.24, 2.45) is 0 Å². The first-order chi connectivity index (χ1) is 10.0. The van der Waals surface area contributed by atoms with E-state index in [0.717, 1.165) is 5.76 Å². The van der Waals surface area contributed by atoms with Gasteiger partial charge in [-0.05, 0) is 25.5 Å². The number of nitrogens with one attached hydrogen (secondary N) is 2. The van der Waals surface area contributed by atoms with Crippen molar-refractivity contribution in [2.45, 2.75) is 19.4 Å². The molecule has 0 saturated carbocycles. The first-order valence-corrected chi connectivity index (χ1v) is 6.72. The van der Waals surface area contributed by atoms with Gasteiger partial charge >= 0.3 is 0 Å². The van der Waals surface area contributed by atoms with Crippen molar-refractivity contribution < 1.29 is 14.0 Å². The Balaban J connectivity index is 1.71. The van der Waals surface area contributed by atoms with E-state index in [0.29, 0.717) is 24.4 Å². The Bertz CT molecular complexity index is 688. The number of hydrogen-bond acceptors (Lipinski definition) is 4. The zero-order valence-corrected chi connectivity index (χ0v) is 11.8. The lowest BCUT2D eigenvalue weighted by atomic mass is 10.2. The maximum Gasteiger partial charge on any atom is 0.272 e. The van der Waals surface area contributed by atoms with E-state index in [1.54, 1.807) is 24.1 Å². The molecule has 1 atom stereocenters. The number of likely N-dealkylation sites (tertiary alicyclic amines) is 1. The molecule has 7 heteroatoms. The van der Waals surface area contributed by atoms with Crippen molar-refractivity contribution in [3.63, 3.8) is 0 Å². The van der Waals surface area contributed by atoms with Crippen molar-refractivity contribution in [3.05, 3.63) is 29.7 Å². The van der Waals surface area contributed by atoms with Crippen LogP contribution in [0.15, 0.2) is 22.6 Å². The number of hydrogen-bond donors (Lipinski definition) is 2. The summed E-state index contributed by atoms with van der Waals surface area (Å²) < 4.78 is 5.46. The van der Waals surface area contributed by atoms with Gasteiger partial charge in [0, 0.05) is 19.7 Å². The number of aromatic amines is 1. The Morgan fingerprint density at radius 3 is 2.95 bits per heavy atom. The van der Waals surface area contributed by atoms with Gasteiger partial charge in [-0.25, -0.2) is 0 Å². The standard InChI is InChI=1S/C14H16N4O3/c1-8-3-4-12(21-8)10-7-11(17-16-10)13(19)15-9-5-6-18(2)14(9)20/h3-4,7,9H,5-6H2,1-2H3,(H,15,19)(H,16,17)/t9-/m0/s1. The molecule has 3 rings (SSSR count). The third-order valence-corrected chi connectivity index (χ3v) is 3.55. The normalized spacial score (nSPS) is 18.3. The summed E-state index contributed by atoms with van der Waals surface area (Å²) in [6, 6.07) is 4.79. The highest BCUT2D eigenvalue weighted by atomic mass is 16.3. The molecule has 1 aliphatic heterocycles. The number of H-pyrrole nitrogens is 1. The molecule has 2 aromatic rings. The molecule has 3 heterocycles. The number of rotatable bonds is 3. The molecule has 2 aromatic heterocycles. The van der Waals surface area contributed by atoms with Crippen molar-refractivity contribution >= 4 is 11.8 Å². The van der Waals surface area contributed by atoms with Gasteiger partial charge in [-0.3, -0.25) is 14.7 Å². The van der Waals surface area contributed by atoms with Crippen LogP contribution in [0.4, 0.5) is 0 Å². The van der Waals surface area contributed by atoms with Crippen LogP contribution in [0.3, 0.4) is 0 Å². The monoisotopic (exact) mass is 288 g/mol. The van der Waals surface area contributed by atoms with Crippen LogP contribution >= 0.6 is 0 Å². The smallest absolute Gasteiger partial charge is 0.272 e. The molecule has 1 fully saturated rings. The fourth-order valence-corrected chi connectivity index (χ4v) is 2.33. The predicted molar refractivity (Wildman–Crippen MR) is 74.5 cm³/mol. The second kappa shape index (κ2) is 5.08. The number of carbonyl (C=O) groups excluding carboxylic acids is 2. The molecule has 2 N–H and O–H groups in total. The minimum Gasteiger partial charge on any atom is -0.460 e. The number of likely N-dealkylation sites (N-methyl/N-ethyl adjacent to an activating group) is 1. The van der Waals surface area contributed by atoms with Crippen LogP contribution in [-0.2, 0) is 4.79 Å². The molecule has 7 nitrogen and oxygen atoms in total. The molecule has 0 aliphatic carbocycles. The number of carbonyl (C=O) groups is 2. The lowest BCUT2D eigenvalue weighted by Crippen LogP contribution is -2.40. The number of furan rings is 1. The topological polar surface area (TPSA) is 91.2 Å². The van der Waals surface area contributed by atoms with Crippen LogP contribution in [0.5, 0.6) is 0 Å². The molecule has 0 spiro atoms. The van der Waals surface area contributed by atoms with Gasteiger partial charge in [0.15, 0.2) is 11.5 Å². The Labute approximate surface area is 121 Å². The highest BCUT2D eigenvalue weighted by Crippen LogP contribution is 2.20. The second-order valence-electron chi connectivity index (χ2n) is 5.15. The van der Waals surface area contributed by atoms with Crippen LogP contribution < -0.4 is 5.32 Å². The van der Waals surface area contributed by atoms with Gasteiger partial charge in [0.1, 0.15) is 17.5 Å². The molecule has 0 unspecified atom stereocenters. The van der Waals surface area contributed by atoms with E-state index >= 15 is 0 Å². The second-order valence-corrected chi connectivity index (χ2v) is 5.15. The highest BCUT2D eigenvalue weighted by Gasteiger charge is 2.30. The lowest BCUT2D eigenvalue weighted by molar-refractivity contribution is -0.128. The summed E-state index contributed by atoms with van der Waals surface area (Å²) in [4.78, 5) is 25.5. The third kappa shape index (κ3) is 2.54. The van der Waals surface area contributed by atoms with Gasteiger partial charge < -0.3 is 14.6 Å². The van der Waals surface area contributed by atoms with E-state index in [1.807, 2.05) is 13.0 Å². The van der Waals surface area contributed by atoms with Crippen molar-refractivity contribution in [3.8, 4) is 11.5 Å². The zero-order chi connectivity index (χ0) is 15.0. The summed E-state index contributed by atoms with van der Waals surface area (Å²) >= 11 is 0. The fourth-order valence-electron chi connectivity index (χ4n) is 2.33. The molecule has 1 saturated heterocycles. The maximum absolute atomic E-state index is 12.1. The number of nitrogens with zero attached hydrogens (tertiary/aromatic N) is 2. The lowest BCUT2D eigenvalue weighted by Gasteiger charge is -2.10. The van der Waals surface area contributed by atoms with Crippen LogP contribution in [0.2, 0.25) is 0 Å². The molecular formula is C14H16N4O3. The Morgan fingerprint density at radius 1 is 1.52 bits per heavy atom. The Kier molecular flexibility index (Phi) is 3.25. The summed E-state index contributed by atoms with van der Waals surface area (Å²) in [6.45, 7) is 2.50. The zero-order valence-electron chi connectivity index (χ0n) is 11.8. The SMILES string of the molecule is Cc1ccc(-c2cc(C(=O)N[C@H]3CCN(C)C3=O)n[nH]2)o1. The van der Waals surface area contributed by atoms with Gasteiger partial charge in [-0.15, -0.1) is 0 Å². The fraction of sp³-hybridized carbons (Fsp3) is 0.357. The van der Waals surface area contributed by atoms with E-state index in [1.165, 1.54) is 0 Å². The van der Waals surface area contributed by atoms with Gasteiger partial charge in [-0.1, -0.05) is 0 Å². The van der Waals surface area contributed by atoms with Crippen molar-refractivity contribution in [1.82, 2.24) is 20.4 Å². The molecular weight excluding hydrogens is 272 g/mol. The van der Waals surface area contributed by atoms with Gasteiger partial charge in [0.25, 0.3) is 5.91 Å². The summed E-state index contributed by atoms with van der Waals surface area (Å²) in [7, 11) is 1.72. The van der Waals surface area contributed by atoms with Crippen molar-refractivity contribution in [1.29, 1.82) is 0 Å². The van der Waals surface area contributed by atoms with Crippen LogP contribution in [0.1, 0.15) is 22.7 Å². The molecule has 0 bridgehead atoms. The van der Waals surface area contributed by atoms with Crippen LogP contribution in [0.25, 0.3) is 11.5 Å². The minimum absolute atomic E-state index is 0.0687. The molecule has 2 amide bonds. The molecule has 110 valence electrons. The van der Waals surface area contributed by atoms with E-state index in [2.05, 4.69) is 15.5 Å². The molecule has 1 aliphatic rings. The summed E-state index contributed by atoms with van der Waals surface area (Å²) in [6.07, 6.45) is 0.621. The van der Waals surface area contributed by atoms with E-state index in [9.17, 15) is 9.59 Å². The predicted octanol–water partition coefficient (Wildman–Crippen LogP) is 0.939. The molecule has 21 heavy (non-hydrogen) atoms. The quantitative estimate of drug-likeness (QED) is 0.879. The molecule has 0 radical (unpaired) electrons. The number of amides is 2. The summed E-state index contributed by atoms with van der Waals surface area (Å²) in [5.41, 5.74) is 0.865. The van der Waals surface area contributed by atoms with Crippen LogP contribution in [-0.4, -0.2) is 46.5 Å². The van der Waals surface area contributed by atoms with Gasteiger partial charge in [0.05, 0.1) is 0 Å². The van der Waals surface area contributed by atoms with Crippen molar-refractivity contribution in [2.75, 3.05) is 13.6 Å². The number of aromatic nitrogens is 2. The summed E-state index contributed by atoms with van der Waals surface area (Å²) in [5.74, 6) is 0.969. The third-order valence-electron chi connectivity index (χ3n) is 3.55. The number of aryl methyl sites for hydroxylation is 1. The van der Waals surface area contributed by atoms with Gasteiger partial charge in [-0.2, -0.15) is 5.10 Å². The first kappa shape index (κ1) is 13.4. The summed E-state index contributed by atoms with van der Waals surface area (Å²) in [5, 5.41) is 9.43. The van der Waals surface area contributed by atoms with E-state index < -0.39 is 6.04 Å². The minimum atomic E-state index is -0.464. The highest BCUT2D eigenvalue weighted by molar-refractivity contribution is 5.97. The van der Waals surface area contributed by atoms with E-state index in [-0.39, 0.29) is 17.5 Å². The van der Waals surface area contributed by atoms with E-state index in [4.69, 9.17) is 4.42 Å². The van der Waals surface area contributed by atoms with Gasteiger partial charge in [0.2, 0.25) is 5.91 Å². The average Bonchev–Trinajstić information content (AvgIpc) is 3.15. The largest absolute Gasteiger partial charge is 0.460 e. The average molecular weight is 288 g/mol. The first-order valence-electron chi connectivity index (χ1n) is 6.72. The molecule has 0 aromatic carbocycles.